The largest absolute Gasteiger partial charge is 0.377 e. The van der Waals surface area contributed by atoms with Crippen molar-refractivity contribution in [1.29, 1.82) is 0 Å². The summed E-state index contributed by atoms with van der Waals surface area (Å²) in [5.74, 6) is -0.0698. The summed E-state index contributed by atoms with van der Waals surface area (Å²) in [4.78, 5) is 32.3. The minimum absolute atomic E-state index is 0.171. The van der Waals surface area contributed by atoms with Gasteiger partial charge in [-0.05, 0) is 31.2 Å². The maximum atomic E-state index is 13.7. The molecular weight excluding hydrogens is 532 g/mol. The van der Waals surface area contributed by atoms with E-state index in [9.17, 15) is 18.0 Å². The molecule has 40 heavy (non-hydrogen) atoms. The third-order valence-corrected chi connectivity index (χ3v) is 9.27. The molecule has 0 bridgehead atoms. The van der Waals surface area contributed by atoms with Gasteiger partial charge in [-0.1, -0.05) is 24.3 Å². The van der Waals surface area contributed by atoms with Gasteiger partial charge in [-0.3, -0.25) is 14.6 Å². The molecule has 1 aliphatic heterocycles. The van der Waals surface area contributed by atoms with Crippen molar-refractivity contribution < 1.29 is 13.2 Å². The summed E-state index contributed by atoms with van der Waals surface area (Å²) in [5, 5.41) is 10.2. The predicted octanol–water partition coefficient (Wildman–Crippen LogP) is 1.88. The second-order valence-electron chi connectivity index (χ2n) is 9.89. The number of fused-ring (bicyclic) bond motifs is 2. The summed E-state index contributed by atoms with van der Waals surface area (Å²) in [7, 11) is 0.0636. The molecule has 1 saturated heterocycles. The SMILES string of the molecule is Cc1c(C(=O)N2CCN(S(=O)(=O)c3cccc4c(N(C)C)cccc34)CC2)cnn1-c1nn2cccc2c(=O)[nH]1. The number of rotatable bonds is 5. The normalized spacial score (nSPS) is 14.7. The minimum Gasteiger partial charge on any atom is -0.377 e. The van der Waals surface area contributed by atoms with E-state index in [4.69, 9.17) is 0 Å². The van der Waals surface area contributed by atoms with E-state index in [1.807, 2.05) is 43.3 Å². The number of H-pyrrole nitrogens is 1. The lowest BCUT2D eigenvalue weighted by Crippen LogP contribution is -2.50. The monoisotopic (exact) mass is 560 g/mol. The quantitative estimate of drug-likeness (QED) is 0.348. The molecule has 0 spiro atoms. The Bertz CT molecular complexity index is 1930. The zero-order chi connectivity index (χ0) is 28.2. The number of hydrogen-bond donors (Lipinski definition) is 1. The van der Waals surface area contributed by atoms with Crippen LogP contribution in [-0.2, 0) is 10.0 Å². The highest BCUT2D eigenvalue weighted by Crippen LogP contribution is 2.32. The Hall–Kier alpha value is -4.49. The number of aromatic amines is 1. The van der Waals surface area contributed by atoms with Crippen molar-refractivity contribution in [3.63, 3.8) is 0 Å². The number of carbonyl (C=O) groups is 1. The first kappa shape index (κ1) is 25.8. The van der Waals surface area contributed by atoms with E-state index in [-0.39, 0.29) is 48.5 Å². The fourth-order valence-corrected chi connectivity index (χ4v) is 6.81. The van der Waals surface area contributed by atoms with Crippen LogP contribution in [0.1, 0.15) is 16.1 Å². The number of anilines is 1. The summed E-state index contributed by atoms with van der Waals surface area (Å²) < 4.78 is 31.7. The molecule has 0 atom stereocenters. The van der Waals surface area contributed by atoms with Crippen LogP contribution in [0.15, 0.2) is 70.6 Å². The number of carbonyl (C=O) groups excluding carboxylic acids is 1. The molecule has 4 heterocycles. The molecule has 0 radical (unpaired) electrons. The van der Waals surface area contributed by atoms with Gasteiger partial charge in [0.2, 0.25) is 16.0 Å². The van der Waals surface area contributed by atoms with Crippen molar-refractivity contribution in [3.8, 4) is 5.95 Å². The standard InChI is InChI=1S/C27H28N8O4S/c1-18-21(17-28-35(18)27-29-25(36)23-10-6-12-34(23)30-27)26(37)32-13-15-33(16-14-32)40(38,39)24-11-5-7-19-20(24)8-4-9-22(19)31(2)3/h4-12,17H,13-16H2,1-3H3,(H,29,30,36). The Morgan fingerprint density at radius 2 is 1.70 bits per heavy atom. The number of piperazine rings is 1. The summed E-state index contributed by atoms with van der Waals surface area (Å²) in [6.45, 7) is 2.54. The van der Waals surface area contributed by atoms with Crippen molar-refractivity contribution in [2.75, 3.05) is 45.2 Å². The van der Waals surface area contributed by atoms with Crippen LogP contribution in [0.4, 0.5) is 5.69 Å². The van der Waals surface area contributed by atoms with Gasteiger partial charge in [0, 0.05) is 62.9 Å². The van der Waals surface area contributed by atoms with Crippen LogP contribution in [0.5, 0.6) is 0 Å². The Morgan fingerprint density at radius 3 is 2.45 bits per heavy atom. The lowest BCUT2D eigenvalue weighted by atomic mass is 10.1. The van der Waals surface area contributed by atoms with E-state index in [2.05, 4.69) is 15.2 Å². The lowest BCUT2D eigenvalue weighted by Gasteiger charge is -2.34. The number of aromatic nitrogens is 5. The van der Waals surface area contributed by atoms with Crippen LogP contribution in [0.25, 0.3) is 22.2 Å². The summed E-state index contributed by atoms with van der Waals surface area (Å²) >= 11 is 0. The van der Waals surface area contributed by atoms with Gasteiger partial charge in [-0.15, -0.1) is 5.10 Å². The molecule has 0 unspecified atom stereocenters. The van der Waals surface area contributed by atoms with Gasteiger partial charge in [0.05, 0.1) is 22.3 Å². The molecule has 12 nitrogen and oxygen atoms in total. The maximum absolute atomic E-state index is 13.7. The van der Waals surface area contributed by atoms with E-state index >= 15 is 0 Å². The average molecular weight is 561 g/mol. The van der Waals surface area contributed by atoms with Crippen molar-refractivity contribution in [3.05, 3.63) is 82.5 Å². The molecule has 1 N–H and O–H groups in total. The van der Waals surface area contributed by atoms with Crippen molar-refractivity contribution in [2.45, 2.75) is 11.8 Å². The molecule has 1 amide bonds. The topological polar surface area (TPSA) is 129 Å². The van der Waals surface area contributed by atoms with E-state index in [1.54, 1.807) is 42.3 Å². The van der Waals surface area contributed by atoms with Crippen molar-refractivity contribution in [2.24, 2.45) is 0 Å². The Labute approximate surface area is 230 Å². The molecule has 1 aliphatic rings. The molecule has 5 aromatic rings. The zero-order valence-corrected chi connectivity index (χ0v) is 23.1. The number of nitrogens with one attached hydrogen (secondary N) is 1. The molecule has 2 aromatic carbocycles. The van der Waals surface area contributed by atoms with E-state index in [1.165, 1.54) is 19.7 Å². The highest BCUT2D eigenvalue weighted by atomic mass is 32.2. The Kier molecular flexibility index (Phi) is 6.19. The van der Waals surface area contributed by atoms with Crippen LogP contribution in [0, 0.1) is 6.92 Å². The predicted molar refractivity (Wildman–Crippen MR) is 151 cm³/mol. The lowest BCUT2D eigenvalue weighted by molar-refractivity contribution is 0.0697. The molecule has 206 valence electrons. The maximum Gasteiger partial charge on any atom is 0.276 e. The highest BCUT2D eigenvalue weighted by molar-refractivity contribution is 7.89. The van der Waals surface area contributed by atoms with Crippen molar-refractivity contribution >= 4 is 37.9 Å². The van der Waals surface area contributed by atoms with Gasteiger partial charge in [0.1, 0.15) is 5.52 Å². The van der Waals surface area contributed by atoms with Gasteiger partial charge in [0.25, 0.3) is 11.5 Å². The summed E-state index contributed by atoms with van der Waals surface area (Å²) in [5.41, 5.74) is 1.89. The highest BCUT2D eigenvalue weighted by Gasteiger charge is 2.32. The van der Waals surface area contributed by atoms with E-state index in [0.29, 0.717) is 22.2 Å². The third-order valence-electron chi connectivity index (χ3n) is 7.31. The van der Waals surface area contributed by atoms with Gasteiger partial charge in [0.15, 0.2) is 0 Å². The van der Waals surface area contributed by atoms with Crippen LogP contribution in [-0.4, -0.2) is 88.2 Å². The fraction of sp³-hybridized carbons (Fsp3) is 0.259. The first-order chi connectivity index (χ1) is 19.2. The molecule has 13 heteroatoms. The first-order valence-corrected chi connectivity index (χ1v) is 14.2. The van der Waals surface area contributed by atoms with Gasteiger partial charge in [-0.25, -0.2) is 17.6 Å². The summed E-state index contributed by atoms with van der Waals surface area (Å²) in [6.07, 6.45) is 3.10. The number of nitrogens with zero attached hydrogens (tertiary/aromatic N) is 7. The second kappa shape index (κ2) is 9.61. The number of benzene rings is 2. The van der Waals surface area contributed by atoms with Gasteiger partial charge >= 0.3 is 0 Å². The zero-order valence-electron chi connectivity index (χ0n) is 22.3. The smallest absolute Gasteiger partial charge is 0.276 e. The Morgan fingerprint density at radius 1 is 0.975 bits per heavy atom. The minimum atomic E-state index is -3.79. The first-order valence-electron chi connectivity index (χ1n) is 12.8. The van der Waals surface area contributed by atoms with Gasteiger partial charge in [-0.2, -0.15) is 9.40 Å². The van der Waals surface area contributed by atoms with Crippen LogP contribution in [0.2, 0.25) is 0 Å². The number of hydrogen-bond acceptors (Lipinski definition) is 7. The van der Waals surface area contributed by atoms with E-state index in [0.717, 1.165) is 11.1 Å². The van der Waals surface area contributed by atoms with Crippen LogP contribution in [0.3, 0.4) is 0 Å². The Balaban J connectivity index is 1.22. The van der Waals surface area contributed by atoms with E-state index < -0.39 is 10.0 Å². The third kappa shape index (κ3) is 4.14. The molecular formula is C27H28N8O4S. The second-order valence-corrected chi connectivity index (χ2v) is 11.8. The number of amides is 1. The fourth-order valence-electron chi connectivity index (χ4n) is 5.18. The molecule has 0 aliphatic carbocycles. The molecule has 1 fully saturated rings. The molecule has 6 rings (SSSR count). The van der Waals surface area contributed by atoms with Crippen LogP contribution < -0.4 is 10.5 Å². The average Bonchev–Trinajstić information content (AvgIpc) is 3.58. The summed E-state index contributed by atoms with van der Waals surface area (Å²) in [6, 6.07) is 14.3. The van der Waals surface area contributed by atoms with Gasteiger partial charge < -0.3 is 9.80 Å². The number of sulfonamides is 1. The molecule has 0 saturated carbocycles. The molecule has 3 aromatic heterocycles. The van der Waals surface area contributed by atoms with Crippen LogP contribution >= 0.6 is 0 Å². The van der Waals surface area contributed by atoms with Crippen molar-refractivity contribution in [1.82, 2.24) is 33.6 Å².